The van der Waals surface area contributed by atoms with Crippen LogP contribution in [0.2, 0.25) is 3.72 Å². The van der Waals surface area contributed by atoms with Crippen LogP contribution in [0.1, 0.15) is 34.6 Å². The molecule has 0 aromatic heterocycles. The van der Waals surface area contributed by atoms with Gasteiger partial charge < -0.3 is 24.8 Å². The Morgan fingerprint density at radius 1 is 0.846 bits per heavy atom. The van der Waals surface area contributed by atoms with Gasteiger partial charge in [-0.3, -0.25) is 0 Å². The normalized spacial score (nSPS) is 19.9. The number of halogens is 2. The molecular formula is C10H15Cl2Ti. The van der Waals surface area contributed by atoms with Crippen LogP contribution < -0.4 is 24.8 Å². The third-order valence-electron chi connectivity index (χ3n) is 3.19. The summed E-state index contributed by atoms with van der Waals surface area (Å²) in [5, 5.41) is 0. The molecule has 0 saturated carbocycles. The summed E-state index contributed by atoms with van der Waals surface area (Å²) in [5.74, 6) is 0. The van der Waals surface area contributed by atoms with Crippen molar-refractivity contribution in [1.29, 1.82) is 0 Å². The average Bonchev–Trinajstić information content (AvgIpc) is 2.06. The molecule has 0 saturated heterocycles. The van der Waals surface area contributed by atoms with Crippen LogP contribution in [-0.4, -0.2) is 0 Å². The molecule has 0 spiro atoms. The zero-order valence-electron chi connectivity index (χ0n) is 8.76. The van der Waals surface area contributed by atoms with Gasteiger partial charge in [-0.15, -0.1) is 0 Å². The number of hydrogen-bond acceptors (Lipinski definition) is 0. The largest absolute Gasteiger partial charge is 1.00 e. The Bertz CT molecular complexity index is 236. The number of allylic oxidation sites excluding steroid dienone is 4. The summed E-state index contributed by atoms with van der Waals surface area (Å²) < 4.78 is 0.314. The fourth-order valence-electron chi connectivity index (χ4n) is 1.59. The van der Waals surface area contributed by atoms with Crippen LogP contribution in [0.5, 0.6) is 0 Å². The third-order valence-corrected chi connectivity index (χ3v) is 4.36. The smallest absolute Gasteiger partial charge is 1.00 e. The Kier molecular flexibility index (Phi) is 6.27. The van der Waals surface area contributed by atoms with Crippen molar-refractivity contribution in [3.63, 3.8) is 0 Å². The van der Waals surface area contributed by atoms with E-state index in [0.29, 0.717) is 3.72 Å². The van der Waals surface area contributed by atoms with Crippen LogP contribution in [0.15, 0.2) is 22.3 Å². The summed E-state index contributed by atoms with van der Waals surface area (Å²) in [6.45, 7) is 11.2. The minimum absolute atomic E-state index is 0. The Hall–Kier alpha value is 0.774. The van der Waals surface area contributed by atoms with Gasteiger partial charge in [-0.05, 0) is 0 Å². The summed E-state index contributed by atoms with van der Waals surface area (Å²) in [7, 11) is 0. The zero-order chi connectivity index (χ0) is 8.81. The van der Waals surface area contributed by atoms with Gasteiger partial charge in [0.15, 0.2) is 0 Å². The molecule has 0 radical (unpaired) electrons. The molecule has 0 heterocycles. The molecule has 73 valence electrons. The van der Waals surface area contributed by atoms with E-state index in [0.717, 1.165) is 0 Å². The van der Waals surface area contributed by atoms with Crippen molar-refractivity contribution >= 4 is 0 Å². The van der Waals surface area contributed by atoms with Crippen molar-refractivity contribution in [1.82, 2.24) is 0 Å². The molecule has 1 aliphatic rings. The SMILES string of the molecule is CC1=C(C)[C](C)([Ti+2])C(C)=C1C.[Cl-].[Cl-]. The topological polar surface area (TPSA) is 0 Å². The molecule has 13 heavy (non-hydrogen) atoms. The van der Waals surface area contributed by atoms with E-state index >= 15 is 0 Å². The Labute approximate surface area is 105 Å². The number of hydrogen-bond donors (Lipinski definition) is 0. The quantitative estimate of drug-likeness (QED) is 0.416. The minimum atomic E-state index is 0. The van der Waals surface area contributed by atoms with Crippen LogP contribution in [0, 0.1) is 0 Å². The summed E-state index contributed by atoms with van der Waals surface area (Å²) in [5.41, 5.74) is 6.06. The number of rotatable bonds is 0. The van der Waals surface area contributed by atoms with Gasteiger partial charge in [0.1, 0.15) is 0 Å². The third kappa shape index (κ3) is 2.42. The van der Waals surface area contributed by atoms with E-state index in [1.807, 2.05) is 0 Å². The second kappa shape index (κ2) is 5.02. The second-order valence-corrected chi connectivity index (χ2v) is 5.19. The molecule has 0 N–H and O–H groups in total. The maximum Gasteiger partial charge on any atom is -1.00 e. The fraction of sp³-hybridized carbons (Fsp3) is 0.600. The van der Waals surface area contributed by atoms with Gasteiger partial charge in [0.05, 0.1) is 0 Å². The summed E-state index contributed by atoms with van der Waals surface area (Å²) in [4.78, 5) is 0. The van der Waals surface area contributed by atoms with Crippen LogP contribution in [0.3, 0.4) is 0 Å². The predicted molar refractivity (Wildman–Crippen MR) is 45.1 cm³/mol. The van der Waals surface area contributed by atoms with E-state index < -0.39 is 0 Å². The first-order chi connectivity index (χ1) is 4.89. The van der Waals surface area contributed by atoms with E-state index in [-0.39, 0.29) is 24.8 Å². The molecular weight excluding hydrogens is 239 g/mol. The maximum absolute atomic E-state index is 2.30. The molecule has 1 aliphatic carbocycles. The molecule has 0 fully saturated rings. The molecule has 0 aromatic rings. The summed E-state index contributed by atoms with van der Waals surface area (Å²) in [6.07, 6.45) is 0. The molecule has 1 rings (SSSR count). The minimum Gasteiger partial charge on any atom is -1.00 e. The fourth-order valence-corrected chi connectivity index (χ4v) is 2.18. The van der Waals surface area contributed by atoms with Crippen molar-refractivity contribution in [2.75, 3.05) is 0 Å². The molecule has 3 heteroatoms. The van der Waals surface area contributed by atoms with Crippen molar-refractivity contribution in [3.8, 4) is 0 Å². The Morgan fingerprint density at radius 3 is 1.15 bits per heavy atom. The van der Waals surface area contributed by atoms with Gasteiger partial charge in [0, 0.05) is 0 Å². The van der Waals surface area contributed by atoms with Gasteiger partial charge in [-0.2, -0.15) is 0 Å². The van der Waals surface area contributed by atoms with Gasteiger partial charge in [-0.25, -0.2) is 0 Å². The monoisotopic (exact) mass is 253 g/mol. The molecule has 0 aromatic carbocycles. The van der Waals surface area contributed by atoms with Crippen LogP contribution in [0.25, 0.3) is 0 Å². The second-order valence-electron chi connectivity index (χ2n) is 3.62. The van der Waals surface area contributed by atoms with Gasteiger partial charge in [0.2, 0.25) is 0 Å². The van der Waals surface area contributed by atoms with E-state index in [2.05, 4.69) is 55.1 Å². The summed E-state index contributed by atoms with van der Waals surface area (Å²) in [6, 6.07) is 0. The van der Waals surface area contributed by atoms with Gasteiger partial charge in [0.25, 0.3) is 0 Å². The van der Waals surface area contributed by atoms with Crippen molar-refractivity contribution in [3.05, 3.63) is 22.3 Å². The van der Waals surface area contributed by atoms with E-state index in [9.17, 15) is 0 Å². The molecule has 0 unspecified atom stereocenters. The molecule has 0 aliphatic heterocycles. The van der Waals surface area contributed by atoms with Crippen molar-refractivity contribution < 1.29 is 45.2 Å². The van der Waals surface area contributed by atoms with E-state index in [4.69, 9.17) is 0 Å². The van der Waals surface area contributed by atoms with Crippen molar-refractivity contribution in [2.45, 2.75) is 38.3 Å². The molecule has 0 amide bonds. The maximum atomic E-state index is 2.30. The van der Waals surface area contributed by atoms with E-state index in [1.165, 1.54) is 22.3 Å². The Morgan fingerprint density at radius 2 is 1.08 bits per heavy atom. The van der Waals surface area contributed by atoms with Gasteiger partial charge >= 0.3 is 81.1 Å². The first kappa shape index (κ1) is 16.2. The van der Waals surface area contributed by atoms with E-state index in [1.54, 1.807) is 0 Å². The standard InChI is InChI=1S/C10H15.2ClH.Ti/c1-6-7(2)9(4)10(5)8(6)3;;;/h1-5H3;2*1H;/q;;;+2/p-2. The summed E-state index contributed by atoms with van der Waals surface area (Å²) >= 11 is 2.30. The molecule has 0 nitrogen and oxygen atoms in total. The molecule has 0 atom stereocenters. The van der Waals surface area contributed by atoms with Crippen LogP contribution in [0.4, 0.5) is 0 Å². The van der Waals surface area contributed by atoms with Gasteiger partial charge in [-0.1, -0.05) is 0 Å². The first-order valence-corrected chi connectivity index (χ1v) is 4.78. The first-order valence-electron chi connectivity index (χ1n) is 4.00. The Balaban J connectivity index is 0. The molecule has 0 bridgehead atoms. The predicted octanol–water partition coefficient (Wildman–Crippen LogP) is -2.59. The average molecular weight is 254 g/mol. The van der Waals surface area contributed by atoms with Crippen LogP contribution >= 0.6 is 0 Å². The zero-order valence-corrected chi connectivity index (χ0v) is 11.8. The van der Waals surface area contributed by atoms with Crippen LogP contribution in [-0.2, 0) is 20.4 Å². The van der Waals surface area contributed by atoms with Crippen molar-refractivity contribution in [2.24, 2.45) is 0 Å².